The minimum absolute atomic E-state index is 0.342. The highest BCUT2D eigenvalue weighted by Gasteiger charge is 2.45. The lowest BCUT2D eigenvalue weighted by molar-refractivity contribution is -0.137. The van der Waals surface area contributed by atoms with Gasteiger partial charge in [-0.2, -0.15) is 0 Å². The lowest BCUT2D eigenvalue weighted by atomic mass is 9.81. The summed E-state index contributed by atoms with van der Waals surface area (Å²) in [6.45, 7) is 2.24. The highest BCUT2D eigenvalue weighted by atomic mass is 16.4. The zero-order valence-electron chi connectivity index (χ0n) is 8.70. The number of carbonyl (C=O) groups is 1. The van der Waals surface area contributed by atoms with Crippen molar-refractivity contribution in [1.82, 2.24) is 0 Å². The standard InChI is InChI=1S/C12H18O2/c1-2-12-6-5-10(8-12)9(7-12)3-4-11(13)14/h5-6,9-10H,2-4,7-8H2,1H3,(H,13,14). The van der Waals surface area contributed by atoms with Crippen LogP contribution in [0, 0.1) is 17.3 Å². The van der Waals surface area contributed by atoms with Crippen molar-refractivity contribution >= 4 is 5.97 Å². The van der Waals surface area contributed by atoms with Gasteiger partial charge in [-0.1, -0.05) is 19.1 Å². The molecule has 2 bridgehead atoms. The molecule has 2 aliphatic rings. The van der Waals surface area contributed by atoms with E-state index >= 15 is 0 Å². The van der Waals surface area contributed by atoms with E-state index in [0.717, 1.165) is 6.42 Å². The molecule has 1 saturated carbocycles. The van der Waals surface area contributed by atoms with E-state index in [2.05, 4.69) is 19.1 Å². The van der Waals surface area contributed by atoms with E-state index < -0.39 is 5.97 Å². The molecule has 0 saturated heterocycles. The second-order valence-corrected chi connectivity index (χ2v) is 4.84. The van der Waals surface area contributed by atoms with Gasteiger partial charge in [0.15, 0.2) is 0 Å². The molecule has 14 heavy (non-hydrogen) atoms. The summed E-state index contributed by atoms with van der Waals surface area (Å²) in [4.78, 5) is 10.5. The molecule has 0 aromatic rings. The van der Waals surface area contributed by atoms with Gasteiger partial charge in [0.1, 0.15) is 0 Å². The van der Waals surface area contributed by atoms with Gasteiger partial charge >= 0.3 is 5.97 Å². The molecule has 0 amide bonds. The van der Waals surface area contributed by atoms with E-state index in [9.17, 15) is 4.79 Å². The minimum Gasteiger partial charge on any atom is -0.481 e. The van der Waals surface area contributed by atoms with Gasteiger partial charge in [-0.15, -0.1) is 0 Å². The average Bonchev–Trinajstić information content (AvgIpc) is 2.72. The Morgan fingerprint density at radius 3 is 2.93 bits per heavy atom. The van der Waals surface area contributed by atoms with Crippen LogP contribution in [0.3, 0.4) is 0 Å². The second kappa shape index (κ2) is 3.41. The average molecular weight is 194 g/mol. The molecule has 78 valence electrons. The molecule has 0 aromatic heterocycles. The summed E-state index contributed by atoms with van der Waals surface area (Å²) >= 11 is 0. The summed E-state index contributed by atoms with van der Waals surface area (Å²) in [5.41, 5.74) is 0.438. The highest BCUT2D eigenvalue weighted by molar-refractivity contribution is 5.66. The van der Waals surface area contributed by atoms with Crippen molar-refractivity contribution in [3.05, 3.63) is 12.2 Å². The SMILES string of the molecule is CCC12C=CC(C1)C(CCC(=O)O)C2. The molecule has 2 heteroatoms. The molecule has 0 aliphatic heterocycles. The number of aliphatic carboxylic acids is 1. The zero-order valence-corrected chi connectivity index (χ0v) is 8.70. The lowest BCUT2D eigenvalue weighted by Gasteiger charge is -2.24. The monoisotopic (exact) mass is 194 g/mol. The van der Waals surface area contributed by atoms with Crippen LogP contribution in [0.25, 0.3) is 0 Å². The first-order chi connectivity index (χ1) is 6.65. The molecule has 2 aliphatic carbocycles. The molecular weight excluding hydrogens is 176 g/mol. The Kier molecular flexibility index (Phi) is 2.38. The third-order valence-electron chi connectivity index (χ3n) is 4.05. The van der Waals surface area contributed by atoms with Crippen molar-refractivity contribution in [2.45, 2.75) is 39.0 Å². The van der Waals surface area contributed by atoms with Crippen molar-refractivity contribution in [3.63, 3.8) is 0 Å². The summed E-state index contributed by atoms with van der Waals surface area (Å²) in [5.74, 6) is 0.660. The van der Waals surface area contributed by atoms with E-state index in [4.69, 9.17) is 5.11 Å². The van der Waals surface area contributed by atoms with Crippen molar-refractivity contribution in [1.29, 1.82) is 0 Å². The fourth-order valence-corrected chi connectivity index (χ4v) is 3.11. The number of carboxylic acids is 1. The van der Waals surface area contributed by atoms with E-state index in [1.54, 1.807) is 0 Å². The Bertz CT molecular complexity index is 269. The maximum absolute atomic E-state index is 10.5. The van der Waals surface area contributed by atoms with Gasteiger partial charge in [-0.05, 0) is 42.9 Å². The predicted octanol–water partition coefficient (Wildman–Crippen LogP) is 2.84. The van der Waals surface area contributed by atoms with Gasteiger partial charge < -0.3 is 5.11 Å². The molecule has 0 spiro atoms. The predicted molar refractivity (Wildman–Crippen MR) is 54.9 cm³/mol. The largest absolute Gasteiger partial charge is 0.481 e. The van der Waals surface area contributed by atoms with E-state index in [1.807, 2.05) is 0 Å². The first-order valence-corrected chi connectivity index (χ1v) is 5.56. The molecule has 2 rings (SSSR count). The van der Waals surface area contributed by atoms with Crippen LogP contribution in [0.2, 0.25) is 0 Å². The number of hydrogen-bond donors (Lipinski definition) is 1. The summed E-state index contributed by atoms with van der Waals surface area (Å²) in [6, 6.07) is 0. The zero-order chi connectivity index (χ0) is 10.2. The summed E-state index contributed by atoms with van der Waals surface area (Å²) in [6.07, 6.45) is 9.60. The number of allylic oxidation sites excluding steroid dienone is 2. The van der Waals surface area contributed by atoms with Crippen molar-refractivity contribution < 1.29 is 9.90 Å². The maximum atomic E-state index is 10.5. The molecular formula is C12H18O2. The van der Waals surface area contributed by atoms with Crippen molar-refractivity contribution in [2.24, 2.45) is 17.3 Å². The summed E-state index contributed by atoms with van der Waals surface area (Å²) in [5, 5.41) is 8.65. The van der Waals surface area contributed by atoms with Gasteiger partial charge in [-0.3, -0.25) is 4.79 Å². The van der Waals surface area contributed by atoms with Crippen LogP contribution in [-0.2, 0) is 4.79 Å². The second-order valence-electron chi connectivity index (χ2n) is 4.84. The van der Waals surface area contributed by atoms with Crippen LogP contribution in [0.1, 0.15) is 39.0 Å². The van der Waals surface area contributed by atoms with Crippen LogP contribution in [0.5, 0.6) is 0 Å². The Morgan fingerprint density at radius 1 is 1.57 bits per heavy atom. The van der Waals surface area contributed by atoms with Gasteiger partial charge in [-0.25, -0.2) is 0 Å². The highest BCUT2D eigenvalue weighted by Crippen LogP contribution is 2.55. The summed E-state index contributed by atoms with van der Waals surface area (Å²) < 4.78 is 0. The molecule has 0 heterocycles. The van der Waals surface area contributed by atoms with Gasteiger partial charge in [0.05, 0.1) is 0 Å². The first-order valence-electron chi connectivity index (χ1n) is 5.56. The fourth-order valence-electron chi connectivity index (χ4n) is 3.11. The molecule has 0 aromatic carbocycles. The Morgan fingerprint density at radius 2 is 2.36 bits per heavy atom. The van der Waals surface area contributed by atoms with Gasteiger partial charge in [0.2, 0.25) is 0 Å². The van der Waals surface area contributed by atoms with Crippen LogP contribution in [0.4, 0.5) is 0 Å². The quantitative estimate of drug-likeness (QED) is 0.699. The lowest BCUT2D eigenvalue weighted by Crippen LogP contribution is -2.14. The van der Waals surface area contributed by atoms with E-state index in [-0.39, 0.29) is 0 Å². The third-order valence-corrected chi connectivity index (χ3v) is 4.05. The molecule has 1 fully saturated rings. The number of fused-ring (bicyclic) bond motifs is 2. The topological polar surface area (TPSA) is 37.3 Å². The normalized spacial score (nSPS) is 39.2. The maximum Gasteiger partial charge on any atom is 0.303 e. The molecule has 1 N–H and O–H groups in total. The number of hydrogen-bond acceptors (Lipinski definition) is 1. The molecule has 0 radical (unpaired) electrons. The van der Waals surface area contributed by atoms with Gasteiger partial charge in [0.25, 0.3) is 0 Å². The third kappa shape index (κ3) is 1.58. The van der Waals surface area contributed by atoms with E-state index in [1.165, 1.54) is 19.3 Å². The van der Waals surface area contributed by atoms with Crippen LogP contribution >= 0.6 is 0 Å². The van der Waals surface area contributed by atoms with Crippen LogP contribution < -0.4 is 0 Å². The van der Waals surface area contributed by atoms with Crippen molar-refractivity contribution in [2.75, 3.05) is 0 Å². The smallest absolute Gasteiger partial charge is 0.303 e. The van der Waals surface area contributed by atoms with Crippen molar-refractivity contribution in [3.8, 4) is 0 Å². The Labute approximate surface area is 85.0 Å². The van der Waals surface area contributed by atoms with Crippen LogP contribution in [-0.4, -0.2) is 11.1 Å². The Balaban J connectivity index is 1.93. The van der Waals surface area contributed by atoms with Crippen LogP contribution in [0.15, 0.2) is 12.2 Å². The Hall–Kier alpha value is -0.790. The number of carboxylic acid groups (broad SMARTS) is 1. The molecule has 3 unspecified atom stereocenters. The minimum atomic E-state index is -0.651. The van der Waals surface area contributed by atoms with E-state index in [0.29, 0.717) is 23.7 Å². The first kappa shape index (κ1) is 9.75. The fraction of sp³-hybridized carbons (Fsp3) is 0.750. The molecule has 2 nitrogen and oxygen atoms in total. The van der Waals surface area contributed by atoms with Gasteiger partial charge in [0, 0.05) is 6.42 Å². The molecule has 3 atom stereocenters. The number of rotatable bonds is 4. The summed E-state index contributed by atoms with van der Waals surface area (Å²) in [7, 11) is 0.